The van der Waals surface area contributed by atoms with Crippen molar-refractivity contribution in [3.63, 3.8) is 0 Å². The van der Waals surface area contributed by atoms with Crippen molar-refractivity contribution in [1.82, 2.24) is 0 Å². The molecule has 2 aromatic carbocycles. The minimum atomic E-state index is 1.21. The summed E-state index contributed by atoms with van der Waals surface area (Å²) in [6.45, 7) is 0. The number of para-hydroxylation sites is 1. The third kappa shape index (κ3) is 3.41. The first-order chi connectivity index (χ1) is 9.58. The van der Waals surface area contributed by atoms with Crippen LogP contribution in [-0.2, 0) is 0 Å². The van der Waals surface area contributed by atoms with Gasteiger partial charge in [0.15, 0.2) is 0 Å². The van der Waals surface area contributed by atoms with Gasteiger partial charge in [0, 0.05) is 39.6 Å². The van der Waals surface area contributed by atoms with Crippen LogP contribution in [0.25, 0.3) is 12.2 Å². The molecule has 0 aliphatic carbocycles. The molecule has 0 amide bonds. The quantitative estimate of drug-likeness (QED) is 0.772. The van der Waals surface area contributed by atoms with Crippen molar-refractivity contribution in [2.75, 3.05) is 38.0 Å². The normalized spacial score (nSPS) is 10.8. The summed E-state index contributed by atoms with van der Waals surface area (Å²) in [5.74, 6) is 0. The molecule has 20 heavy (non-hydrogen) atoms. The van der Waals surface area contributed by atoms with Gasteiger partial charge in [-0.2, -0.15) is 0 Å². The highest BCUT2D eigenvalue weighted by molar-refractivity contribution is 5.77. The third-order valence-corrected chi connectivity index (χ3v) is 3.28. The zero-order valence-corrected chi connectivity index (χ0v) is 12.7. The fourth-order valence-corrected chi connectivity index (χ4v) is 2.11. The van der Waals surface area contributed by atoms with Gasteiger partial charge < -0.3 is 9.80 Å². The van der Waals surface area contributed by atoms with E-state index < -0.39 is 0 Å². The molecule has 0 heterocycles. The molecule has 2 nitrogen and oxygen atoms in total. The first kappa shape index (κ1) is 14.2. The largest absolute Gasteiger partial charge is 0.378 e. The monoisotopic (exact) mass is 266 g/mol. The van der Waals surface area contributed by atoms with Crippen molar-refractivity contribution in [2.45, 2.75) is 0 Å². The Balaban J connectivity index is 2.21. The van der Waals surface area contributed by atoms with Crippen molar-refractivity contribution in [2.24, 2.45) is 0 Å². The maximum atomic E-state index is 2.17. The maximum Gasteiger partial charge on any atom is 0.0434 e. The number of nitrogens with zero attached hydrogens (tertiary/aromatic N) is 2. The lowest BCUT2D eigenvalue weighted by Crippen LogP contribution is -2.09. The van der Waals surface area contributed by atoms with E-state index in [0.29, 0.717) is 0 Å². The SMILES string of the molecule is CN(C)c1ccc(C=Cc2ccccc2N(C)C)cc1. The highest BCUT2D eigenvalue weighted by Gasteiger charge is 2.00. The smallest absolute Gasteiger partial charge is 0.0434 e. The molecule has 2 aromatic rings. The first-order valence-corrected chi connectivity index (χ1v) is 6.80. The van der Waals surface area contributed by atoms with Gasteiger partial charge >= 0.3 is 0 Å². The van der Waals surface area contributed by atoms with Crippen LogP contribution in [0.5, 0.6) is 0 Å². The summed E-state index contributed by atoms with van der Waals surface area (Å²) in [5.41, 5.74) is 4.89. The Labute approximate surface area is 122 Å². The fourth-order valence-electron chi connectivity index (χ4n) is 2.11. The third-order valence-electron chi connectivity index (χ3n) is 3.28. The first-order valence-electron chi connectivity index (χ1n) is 6.80. The maximum absolute atomic E-state index is 2.17. The van der Waals surface area contributed by atoms with E-state index in [1.807, 2.05) is 0 Å². The van der Waals surface area contributed by atoms with Gasteiger partial charge in [-0.25, -0.2) is 0 Å². The summed E-state index contributed by atoms with van der Waals surface area (Å²) in [4.78, 5) is 4.24. The van der Waals surface area contributed by atoms with Crippen LogP contribution in [0.4, 0.5) is 11.4 Å². The van der Waals surface area contributed by atoms with E-state index in [-0.39, 0.29) is 0 Å². The Kier molecular flexibility index (Phi) is 4.46. The van der Waals surface area contributed by atoms with Gasteiger partial charge in [0.05, 0.1) is 0 Å². The molecule has 0 spiro atoms. The van der Waals surface area contributed by atoms with Crippen LogP contribution in [0.2, 0.25) is 0 Å². The fraction of sp³-hybridized carbons (Fsp3) is 0.222. The molecule has 0 aliphatic heterocycles. The van der Waals surface area contributed by atoms with Crippen molar-refractivity contribution < 1.29 is 0 Å². The van der Waals surface area contributed by atoms with Gasteiger partial charge in [0.1, 0.15) is 0 Å². The molecule has 0 aliphatic rings. The van der Waals surface area contributed by atoms with Gasteiger partial charge in [-0.3, -0.25) is 0 Å². The topological polar surface area (TPSA) is 6.48 Å². The van der Waals surface area contributed by atoms with Crippen molar-refractivity contribution in [3.8, 4) is 0 Å². The van der Waals surface area contributed by atoms with E-state index in [9.17, 15) is 0 Å². The van der Waals surface area contributed by atoms with E-state index in [1.165, 1.54) is 22.5 Å². The van der Waals surface area contributed by atoms with Crippen LogP contribution in [0, 0.1) is 0 Å². The number of hydrogen-bond donors (Lipinski definition) is 0. The predicted octanol–water partition coefficient (Wildman–Crippen LogP) is 3.99. The van der Waals surface area contributed by atoms with Crippen molar-refractivity contribution >= 4 is 23.5 Å². The standard InChI is InChI=1S/C18H22N2/c1-19(2)17-13-10-15(11-14-17)9-12-16-7-5-6-8-18(16)20(3)4/h5-14H,1-4H3. The van der Waals surface area contributed by atoms with Crippen LogP contribution in [-0.4, -0.2) is 28.2 Å². The van der Waals surface area contributed by atoms with Crippen LogP contribution in [0.15, 0.2) is 48.5 Å². The molecule has 0 bridgehead atoms. The van der Waals surface area contributed by atoms with Gasteiger partial charge in [-0.05, 0) is 29.3 Å². The molecule has 0 N–H and O–H groups in total. The van der Waals surface area contributed by atoms with Gasteiger partial charge in [0.25, 0.3) is 0 Å². The molecule has 2 rings (SSSR count). The number of rotatable bonds is 4. The molecule has 104 valence electrons. The van der Waals surface area contributed by atoms with Crippen LogP contribution in [0.1, 0.15) is 11.1 Å². The lowest BCUT2D eigenvalue weighted by atomic mass is 10.1. The molecule has 0 saturated carbocycles. The summed E-state index contributed by atoms with van der Waals surface area (Å²) in [6, 6.07) is 17.0. The average molecular weight is 266 g/mol. The average Bonchev–Trinajstić information content (AvgIpc) is 2.45. The second-order valence-corrected chi connectivity index (χ2v) is 5.27. The molecule has 0 radical (unpaired) electrons. The molecule has 0 atom stereocenters. The van der Waals surface area contributed by atoms with Gasteiger partial charge in [-0.15, -0.1) is 0 Å². The molecule has 0 unspecified atom stereocenters. The van der Waals surface area contributed by atoms with E-state index in [1.54, 1.807) is 0 Å². The lowest BCUT2D eigenvalue weighted by molar-refractivity contribution is 1.13. The van der Waals surface area contributed by atoms with Crippen molar-refractivity contribution in [3.05, 3.63) is 59.7 Å². The summed E-state index contributed by atoms with van der Waals surface area (Å²) >= 11 is 0. The Hall–Kier alpha value is -2.22. The second-order valence-electron chi connectivity index (χ2n) is 5.27. The van der Waals surface area contributed by atoms with E-state index >= 15 is 0 Å². The number of benzene rings is 2. The Morgan fingerprint density at radius 1 is 0.700 bits per heavy atom. The van der Waals surface area contributed by atoms with Crippen LogP contribution >= 0.6 is 0 Å². The molecular formula is C18H22N2. The Morgan fingerprint density at radius 3 is 1.95 bits per heavy atom. The Bertz CT molecular complexity index is 581. The number of hydrogen-bond acceptors (Lipinski definition) is 2. The molecule has 0 aromatic heterocycles. The summed E-state index contributed by atoms with van der Waals surface area (Å²) < 4.78 is 0. The summed E-state index contributed by atoms with van der Waals surface area (Å²) in [7, 11) is 8.24. The Morgan fingerprint density at radius 2 is 1.35 bits per heavy atom. The zero-order valence-electron chi connectivity index (χ0n) is 12.7. The van der Waals surface area contributed by atoms with E-state index in [0.717, 1.165) is 0 Å². The lowest BCUT2D eigenvalue weighted by Gasteiger charge is -2.15. The van der Waals surface area contributed by atoms with Crippen LogP contribution in [0.3, 0.4) is 0 Å². The van der Waals surface area contributed by atoms with E-state index in [2.05, 4.69) is 98.7 Å². The predicted molar refractivity (Wildman–Crippen MR) is 90.5 cm³/mol. The highest BCUT2D eigenvalue weighted by atomic mass is 15.1. The highest BCUT2D eigenvalue weighted by Crippen LogP contribution is 2.21. The second kappa shape index (κ2) is 6.29. The summed E-state index contributed by atoms with van der Waals surface area (Å²) in [6.07, 6.45) is 4.32. The molecule has 2 heteroatoms. The van der Waals surface area contributed by atoms with Gasteiger partial charge in [-0.1, -0.05) is 42.5 Å². The molecule has 0 saturated heterocycles. The molecular weight excluding hydrogens is 244 g/mol. The minimum Gasteiger partial charge on any atom is -0.378 e. The minimum absolute atomic E-state index is 1.21. The van der Waals surface area contributed by atoms with Crippen LogP contribution < -0.4 is 9.80 Å². The van der Waals surface area contributed by atoms with Crippen molar-refractivity contribution in [1.29, 1.82) is 0 Å². The van der Waals surface area contributed by atoms with Gasteiger partial charge in [0.2, 0.25) is 0 Å². The van der Waals surface area contributed by atoms with E-state index in [4.69, 9.17) is 0 Å². The summed E-state index contributed by atoms with van der Waals surface area (Å²) in [5, 5.41) is 0. The zero-order chi connectivity index (χ0) is 14.5. The molecule has 0 fully saturated rings. The number of anilines is 2.